The summed E-state index contributed by atoms with van der Waals surface area (Å²) < 4.78 is 50.8. The minimum Gasteiger partial charge on any atom is -0.444 e. The lowest BCUT2D eigenvalue weighted by Crippen LogP contribution is -2.54. The summed E-state index contributed by atoms with van der Waals surface area (Å²) in [6.07, 6.45) is -3.20. The number of alkyl halides is 3. The molecule has 13 nitrogen and oxygen atoms in total. The lowest BCUT2D eigenvalue weighted by Gasteiger charge is -2.37. The third-order valence-corrected chi connectivity index (χ3v) is 8.90. The molecule has 0 bridgehead atoms. The van der Waals surface area contributed by atoms with Gasteiger partial charge >= 0.3 is 12.5 Å². The summed E-state index contributed by atoms with van der Waals surface area (Å²) in [5.41, 5.74) is -1.33. The molecule has 0 atom stereocenters. The molecule has 49 heavy (non-hydrogen) atoms. The van der Waals surface area contributed by atoms with Gasteiger partial charge in [-0.3, -0.25) is 28.8 Å². The molecule has 262 valence electrons. The molecule has 2 aliphatic heterocycles. The van der Waals surface area contributed by atoms with E-state index in [0.29, 0.717) is 31.6 Å². The average Bonchev–Trinajstić information content (AvgIpc) is 3.83. The van der Waals surface area contributed by atoms with Crippen molar-refractivity contribution in [2.75, 3.05) is 63.1 Å². The molecular weight excluding hydrogens is 647 g/mol. The molecule has 0 spiro atoms. The van der Waals surface area contributed by atoms with E-state index in [-0.39, 0.29) is 47.8 Å². The van der Waals surface area contributed by atoms with Gasteiger partial charge in [0, 0.05) is 45.0 Å². The quantitative estimate of drug-likeness (QED) is 0.414. The first-order valence-electron chi connectivity index (χ1n) is 16.0. The van der Waals surface area contributed by atoms with Crippen LogP contribution < -0.4 is 20.5 Å². The first kappa shape index (κ1) is 34.2. The number of rotatable bonds is 6. The van der Waals surface area contributed by atoms with Gasteiger partial charge in [-0.2, -0.15) is 0 Å². The highest BCUT2D eigenvalue weighted by Gasteiger charge is 2.55. The summed E-state index contributed by atoms with van der Waals surface area (Å²) in [5.74, 6) is -1.37. The van der Waals surface area contributed by atoms with Crippen LogP contribution in [0.15, 0.2) is 47.5 Å². The molecule has 3 aromatic rings. The van der Waals surface area contributed by atoms with Gasteiger partial charge in [-0.25, -0.2) is 9.78 Å². The van der Waals surface area contributed by atoms with Crippen molar-refractivity contribution in [2.24, 2.45) is 0 Å². The Morgan fingerprint density at radius 2 is 1.61 bits per heavy atom. The van der Waals surface area contributed by atoms with Crippen molar-refractivity contribution in [1.82, 2.24) is 24.3 Å². The van der Waals surface area contributed by atoms with Crippen LogP contribution in [0.1, 0.15) is 33.6 Å². The summed E-state index contributed by atoms with van der Waals surface area (Å²) in [5, 5.41) is 2.85. The van der Waals surface area contributed by atoms with Crippen molar-refractivity contribution in [2.45, 2.75) is 51.1 Å². The number of hydrogen-bond donors (Lipinski definition) is 1. The number of piperazine rings is 2. The predicted octanol–water partition coefficient (Wildman–Crippen LogP) is 3.59. The van der Waals surface area contributed by atoms with Crippen LogP contribution in [0.2, 0.25) is 0 Å². The number of amides is 3. The van der Waals surface area contributed by atoms with Crippen LogP contribution in [0.3, 0.4) is 0 Å². The van der Waals surface area contributed by atoms with Crippen molar-refractivity contribution in [3.05, 3.63) is 53.1 Å². The van der Waals surface area contributed by atoms with Gasteiger partial charge in [0.15, 0.2) is 5.75 Å². The molecule has 2 aromatic carbocycles. The number of nitrogens with one attached hydrogen (secondary N) is 1. The molecule has 3 fully saturated rings. The number of halogens is 3. The van der Waals surface area contributed by atoms with E-state index in [2.05, 4.69) is 24.8 Å². The summed E-state index contributed by atoms with van der Waals surface area (Å²) in [7, 11) is 1.99. The van der Waals surface area contributed by atoms with Crippen LogP contribution in [0, 0.1) is 0 Å². The van der Waals surface area contributed by atoms with E-state index in [1.165, 1.54) is 34.3 Å². The topological polar surface area (TPSA) is 130 Å². The molecule has 3 heterocycles. The standard InChI is InChI=1S/C33H38F3N7O6/c1-31(2,3)49-30(47)40-13-16-42(27(44)19-40)21-5-7-23-24(17-21)37-20-43(28(23)45)22-6-8-26(48-33(34,35)36)25(18-22)38-29(46)32(9-10-32)41-14-11-39(4)12-15-41/h5-8,17-18,20H,9-16,19H2,1-4H3,(H,38,46). The van der Waals surface area contributed by atoms with Crippen LogP contribution in [-0.4, -0.2) is 113 Å². The van der Waals surface area contributed by atoms with Crippen LogP contribution in [0.4, 0.5) is 29.3 Å². The van der Waals surface area contributed by atoms with E-state index in [1.807, 2.05) is 7.05 Å². The zero-order chi connectivity index (χ0) is 35.3. The Bertz CT molecular complexity index is 1840. The second-order valence-electron chi connectivity index (χ2n) is 13.6. The van der Waals surface area contributed by atoms with Gasteiger partial charge < -0.3 is 24.6 Å². The summed E-state index contributed by atoms with van der Waals surface area (Å²) in [6.45, 7) is 8.37. The fraction of sp³-hybridized carbons (Fsp3) is 0.485. The zero-order valence-electron chi connectivity index (χ0n) is 27.7. The number of anilines is 2. The Balaban J connectivity index is 1.24. The highest BCUT2D eigenvalue weighted by atomic mass is 19.4. The minimum atomic E-state index is -5.02. The van der Waals surface area contributed by atoms with Crippen molar-refractivity contribution < 1.29 is 37.0 Å². The molecule has 0 unspecified atom stereocenters. The number of nitrogens with zero attached hydrogens (tertiary/aromatic N) is 6. The molecule has 0 radical (unpaired) electrons. The average molecular weight is 686 g/mol. The van der Waals surface area contributed by atoms with Gasteiger partial charge in [0.05, 0.1) is 22.3 Å². The first-order valence-corrected chi connectivity index (χ1v) is 16.0. The van der Waals surface area contributed by atoms with Crippen LogP contribution >= 0.6 is 0 Å². The Labute approximate surface area is 280 Å². The first-order chi connectivity index (χ1) is 23.0. The molecule has 2 saturated heterocycles. The van der Waals surface area contributed by atoms with Gasteiger partial charge in [-0.1, -0.05) is 0 Å². The normalized spacial score (nSPS) is 18.8. The van der Waals surface area contributed by atoms with Crippen LogP contribution in [-0.2, 0) is 14.3 Å². The molecular formula is C33H38F3N7O6. The number of fused-ring (bicyclic) bond motifs is 1. The lowest BCUT2D eigenvalue weighted by atomic mass is 10.1. The predicted molar refractivity (Wildman–Crippen MR) is 174 cm³/mol. The third-order valence-electron chi connectivity index (χ3n) is 8.90. The number of carbonyl (C=O) groups is 3. The van der Waals surface area contributed by atoms with Crippen LogP contribution in [0.5, 0.6) is 5.75 Å². The Morgan fingerprint density at radius 3 is 2.24 bits per heavy atom. The van der Waals surface area contributed by atoms with Gasteiger partial charge in [0.2, 0.25) is 11.8 Å². The molecule has 1 saturated carbocycles. The summed E-state index contributed by atoms with van der Waals surface area (Å²) in [6, 6.07) is 8.27. The van der Waals surface area contributed by atoms with E-state index >= 15 is 0 Å². The smallest absolute Gasteiger partial charge is 0.444 e. The minimum absolute atomic E-state index is 0.159. The van der Waals surface area contributed by atoms with Crippen LogP contribution in [0.25, 0.3) is 16.6 Å². The maximum absolute atomic E-state index is 13.6. The van der Waals surface area contributed by atoms with E-state index in [4.69, 9.17) is 4.74 Å². The van der Waals surface area contributed by atoms with Gasteiger partial charge in [0.1, 0.15) is 24.0 Å². The Kier molecular flexibility index (Phi) is 8.81. The molecule has 1 aliphatic carbocycles. The SMILES string of the molecule is CN1CCN(C2(C(=O)Nc3cc(-n4cnc5cc(N6CCN(C(=O)OC(C)(C)C)CC6=O)ccc5c4=O)ccc3OC(F)(F)F)CC2)CC1. The van der Waals surface area contributed by atoms with Gasteiger partial charge in [-0.15, -0.1) is 13.2 Å². The highest BCUT2D eigenvalue weighted by Crippen LogP contribution is 2.44. The molecule has 3 aliphatic rings. The Hall–Kier alpha value is -4.70. The number of aromatic nitrogens is 2. The maximum Gasteiger partial charge on any atom is 0.573 e. The van der Waals surface area contributed by atoms with Gasteiger partial charge in [0.25, 0.3) is 5.56 Å². The molecule has 6 rings (SSSR count). The second kappa shape index (κ2) is 12.6. The van der Waals surface area contributed by atoms with E-state index in [9.17, 15) is 32.3 Å². The largest absolute Gasteiger partial charge is 0.573 e. The molecule has 3 amide bonds. The third kappa shape index (κ3) is 7.34. The monoisotopic (exact) mass is 685 g/mol. The number of likely N-dealkylation sites (N-methyl/N-ethyl adjacent to an activating group) is 1. The molecule has 1 aromatic heterocycles. The number of carbonyl (C=O) groups excluding carboxylic acids is 3. The maximum atomic E-state index is 13.6. The highest BCUT2D eigenvalue weighted by molar-refractivity contribution is 6.01. The number of benzene rings is 2. The Morgan fingerprint density at radius 1 is 0.918 bits per heavy atom. The van der Waals surface area contributed by atoms with E-state index in [1.54, 1.807) is 32.9 Å². The summed E-state index contributed by atoms with van der Waals surface area (Å²) in [4.78, 5) is 64.1. The van der Waals surface area contributed by atoms with E-state index < -0.39 is 40.8 Å². The fourth-order valence-electron chi connectivity index (χ4n) is 6.15. The van der Waals surface area contributed by atoms with E-state index in [0.717, 1.165) is 23.7 Å². The zero-order valence-corrected chi connectivity index (χ0v) is 27.7. The van der Waals surface area contributed by atoms with Crippen molar-refractivity contribution in [3.8, 4) is 11.4 Å². The number of ether oxygens (including phenoxy) is 2. The van der Waals surface area contributed by atoms with Crippen molar-refractivity contribution in [1.29, 1.82) is 0 Å². The van der Waals surface area contributed by atoms with Gasteiger partial charge in [-0.05, 0) is 77.1 Å². The summed E-state index contributed by atoms with van der Waals surface area (Å²) >= 11 is 0. The second-order valence-corrected chi connectivity index (χ2v) is 13.6. The lowest BCUT2D eigenvalue weighted by molar-refractivity contribution is -0.274. The molecule has 16 heteroatoms. The van der Waals surface area contributed by atoms with Crippen molar-refractivity contribution >= 4 is 40.2 Å². The number of hydrogen-bond acceptors (Lipinski definition) is 9. The van der Waals surface area contributed by atoms with Crippen molar-refractivity contribution in [3.63, 3.8) is 0 Å². The molecule has 1 N–H and O–H groups in total. The fourth-order valence-corrected chi connectivity index (χ4v) is 6.15.